The second kappa shape index (κ2) is 5.98. The van der Waals surface area contributed by atoms with Gasteiger partial charge in [0.15, 0.2) is 6.10 Å². The second-order valence-corrected chi connectivity index (χ2v) is 4.54. The summed E-state index contributed by atoms with van der Waals surface area (Å²) in [6.07, 6.45) is 0.259. The van der Waals surface area contributed by atoms with Crippen LogP contribution in [0.25, 0.3) is 0 Å². The molecule has 0 aliphatic carbocycles. The molecule has 0 spiro atoms. The molecule has 1 heterocycles. The zero-order valence-corrected chi connectivity index (χ0v) is 10.6. The van der Waals surface area contributed by atoms with Crippen LogP contribution in [-0.4, -0.2) is 41.8 Å². The topological polar surface area (TPSA) is 49.8 Å². The van der Waals surface area contributed by atoms with Crippen LogP contribution in [0.1, 0.15) is 18.1 Å². The summed E-state index contributed by atoms with van der Waals surface area (Å²) in [7, 11) is 0. The Hall–Kier alpha value is -1.39. The summed E-state index contributed by atoms with van der Waals surface area (Å²) in [5.41, 5.74) is 2.67. The largest absolute Gasteiger partial charge is 0.479 e. The van der Waals surface area contributed by atoms with Crippen molar-refractivity contribution in [2.45, 2.75) is 26.0 Å². The van der Waals surface area contributed by atoms with Crippen LogP contribution >= 0.6 is 0 Å². The van der Waals surface area contributed by atoms with Crippen molar-refractivity contribution in [3.05, 3.63) is 35.4 Å². The third-order valence-corrected chi connectivity index (χ3v) is 3.28. The van der Waals surface area contributed by atoms with Crippen LogP contribution in [0.4, 0.5) is 0 Å². The first-order chi connectivity index (χ1) is 8.70. The zero-order chi connectivity index (χ0) is 13.0. The molecule has 4 heteroatoms. The summed E-state index contributed by atoms with van der Waals surface area (Å²) in [4.78, 5) is 13.2. The fraction of sp³-hybridized carbons (Fsp3) is 0.500. The van der Waals surface area contributed by atoms with Gasteiger partial charge < -0.3 is 9.84 Å². The minimum Gasteiger partial charge on any atom is -0.479 e. The van der Waals surface area contributed by atoms with E-state index in [2.05, 4.69) is 23.1 Å². The molecule has 4 nitrogen and oxygen atoms in total. The molecule has 1 aliphatic heterocycles. The van der Waals surface area contributed by atoms with E-state index in [4.69, 9.17) is 9.84 Å². The number of carboxylic acids is 1. The van der Waals surface area contributed by atoms with Crippen molar-refractivity contribution in [3.63, 3.8) is 0 Å². The molecule has 1 aromatic rings. The van der Waals surface area contributed by atoms with Gasteiger partial charge in [-0.3, -0.25) is 4.90 Å². The lowest BCUT2D eigenvalue weighted by Gasteiger charge is -2.30. The first-order valence-electron chi connectivity index (χ1n) is 6.34. The summed E-state index contributed by atoms with van der Waals surface area (Å²) in [5.74, 6) is -0.879. The van der Waals surface area contributed by atoms with Gasteiger partial charge in [0.05, 0.1) is 0 Å². The quantitative estimate of drug-likeness (QED) is 0.860. The minimum atomic E-state index is -0.879. The number of carboxylic acid groups (broad SMARTS) is 1. The predicted octanol–water partition coefficient (Wildman–Crippen LogP) is 1.53. The second-order valence-electron chi connectivity index (χ2n) is 4.54. The summed E-state index contributed by atoms with van der Waals surface area (Å²) < 4.78 is 5.25. The standard InChI is InChI=1S/C14H19NO3/c1-2-18-13(14(16)17)10-15-8-7-11-5-3-4-6-12(11)9-15/h3-6,13H,2,7-10H2,1H3,(H,16,17). The molecule has 0 bridgehead atoms. The fourth-order valence-corrected chi connectivity index (χ4v) is 2.35. The smallest absolute Gasteiger partial charge is 0.334 e. The summed E-state index contributed by atoms with van der Waals surface area (Å²) in [5, 5.41) is 9.08. The van der Waals surface area contributed by atoms with E-state index in [0.717, 1.165) is 19.5 Å². The number of nitrogens with zero attached hydrogens (tertiary/aromatic N) is 1. The number of rotatable bonds is 5. The van der Waals surface area contributed by atoms with E-state index < -0.39 is 12.1 Å². The highest BCUT2D eigenvalue weighted by molar-refractivity contribution is 5.72. The Morgan fingerprint density at radius 2 is 2.17 bits per heavy atom. The molecular weight excluding hydrogens is 230 g/mol. The van der Waals surface area contributed by atoms with E-state index in [1.807, 2.05) is 13.0 Å². The fourth-order valence-electron chi connectivity index (χ4n) is 2.35. The van der Waals surface area contributed by atoms with E-state index in [-0.39, 0.29) is 0 Å². The van der Waals surface area contributed by atoms with Gasteiger partial charge in [-0.05, 0) is 24.5 Å². The molecule has 1 aromatic carbocycles. The van der Waals surface area contributed by atoms with Crippen molar-refractivity contribution >= 4 is 5.97 Å². The van der Waals surface area contributed by atoms with Crippen LogP contribution in [0.3, 0.4) is 0 Å². The third-order valence-electron chi connectivity index (χ3n) is 3.28. The summed E-state index contributed by atoms with van der Waals surface area (Å²) in [6, 6.07) is 8.33. The lowest BCUT2D eigenvalue weighted by atomic mass is 10.00. The average molecular weight is 249 g/mol. The van der Waals surface area contributed by atoms with Gasteiger partial charge >= 0.3 is 5.97 Å². The number of carbonyl (C=O) groups is 1. The number of ether oxygens (including phenoxy) is 1. The van der Waals surface area contributed by atoms with Crippen molar-refractivity contribution in [3.8, 4) is 0 Å². The molecule has 0 amide bonds. The predicted molar refractivity (Wildman–Crippen MR) is 68.5 cm³/mol. The maximum absolute atomic E-state index is 11.1. The van der Waals surface area contributed by atoms with Crippen LogP contribution in [0.15, 0.2) is 24.3 Å². The van der Waals surface area contributed by atoms with Gasteiger partial charge in [-0.25, -0.2) is 4.79 Å². The van der Waals surface area contributed by atoms with Crippen LogP contribution in [0, 0.1) is 0 Å². The molecule has 1 atom stereocenters. The molecule has 1 unspecified atom stereocenters. The van der Waals surface area contributed by atoms with Gasteiger partial charge in [-0.1, -0.05) is 24.3 Å². The van der Waals surface area contributed by atoms with Crippen molar-refractivity contribution in [2.75, 3.05) is 19.7 Å². The molecule has 1 N–H and O–H groups in total. The maximum Gasteiger partial charge on any atom is 0.334 e. The molecule has 98 valence electrons. The SMILES string of the molecule is CCOC(CN1CCc2ccccc2C1)C(=O)O. The Morgan fingerprint density at radius 1 is 1.44 bits per heavy atom. The molecule has 0 aromatic heterocycles. The van der Waals surface area contributed by atoms with Crippen molar-refractivity contribution < 1.29 is 14.6 Å². The average Bonchev–Trinajstić information content (AvgIpc) is 2.38. The van der Waals surface area contributed by atoms with Crippen LogP contribution in [-0.2, 0) is 22.5 Å². The molecule has 1 aliphatic rings. The molecule has 0 saturated heterocycles. The number of hydrogen-bond acceptors (Lipinski definition) is 3. The zero-order valence-electron chi connectivity index (χ0n) is 10.6. The first-order valence-corrected chi connectivity index (χ1v) is 6.34. The normalized spacial score (nSPS) is 17.2. The van der Waals surface area contributed by atoms with E-state index in [1.54, 1.807) is 0 Å². The van der Waals surface area contributed by atoms with Gasteiger partial charge in [-0.15, -0.1) is 0 Å². The highest BCUT2D eigenvalue weighted by atomic mass is 16.5. The highest BCUT2D eigenvalue weighted by Gasteiger charge is 2.23. The van der Waals surface area contributed by atoms with Crippen LogP contribution < -0.4 is 0 Å². The van der Waals surface area contributed by atoms with Crippen LogP contribution in [0.2, 0.25) is 0 Å². The lowest BCUT2D eigenvalue weighted by Crippen LogP contribution is -2.41. The van der Waals surface area contributed by atoms with E-state index in [0.29, 0.717) is 13.2 Å². The molecule has 0 radical (unpaired) electrons. The number of benzene rings is 1. The monoisotopic (exact) mass is 249 g/mol. The van der Waals surface area contributed by atoms with Crippen molar-refractivity contribution in [1.29, 1.82) is 0 Å². The van der Waals surface area contributed by atoms with Crippen LogP contribution in [0.5, 0.6) is 0 Å². The van der Waals surface area contributed by atoms with Crippen molar-refractivity contribution in [2.24, 2.45) is 0 Å². The van der Waals surface area contributed by atoms with Gasteiger partial charge in [0.25, 0.3) is 0 Å². The molecule has 2 rings (SSSR count). The Kier molecular flexibility index (Phi) is 4.33. The number of hydrogen-bond donors (Lipinski definition) is 1. The Bertz CT molecular complexity index is 419. The molecule has 0 saturated carbocycles. The lowest BCUT2D eigenvalue weighted by molar-refractivity contribution is -0.151. The summed E-state index contributed by atoms with van der Waals surface area (Å²) in [6.45, 7) is 4.42. The van der Waals surface area contributed by atoms with Gasteiger partial charge in [0, 0.05) is 26.2 Å². The number of fused-ring (bicyclic) bond motifs is 1. The van der Waals surface area contributed by atoms with Crippen molar-refractivity contribution in [1.82, 2.24) is 4.90 Å². The van der Waals surface area contributed by atoms with Gasteiger partial charge in [0.1, 0.15) is 0 Å². The maximum atomic E-state index is 11.1. The Morgan fingerprint density at radius 3 is 2.83 bits per heavy atom. The minimum absolute atomic E-state index is 0.432. The molecule has 0 fully saturated rings. The van der Waals surface area contributed by atoms with E-state index in [1.165, 1.54) is 11.1 Å². The Balaban J connectivity index is 1.98. The van der Waals surface area contributed by atoms with E-state index >= 15 is 0 Å². The highest BCUT2D eigenvalue weighted by Crippen LogP contribution is 2.18. The first kappa shape index (κ1) is 13.1. The molecule has 18 heavy (non-hydrogen) atoms. The van der Waals surface area contributed by atoms with E-state index in [9.17, 15) is 4.79 Å². The third kappa shape index (κ3) is 3.09. The van der Waals surface area contributed by atoms with Gasteiger partial charge in [0.2, 0.25) is 0 Å². The Labute approximate surface area is 107 Å². The summed E-state index contributed by atoms with van der Waals surface area (Å²) >= 11 is 0. The molecular formula is C14H19NO3. The van der Waals surface area contributed by atoms with Gasteiger partial charge in [-0.2, -0.15) is 0 Å². The number of aliphatic carboxylic acids is 1.